The molecule has 0 aliphatic heterocycles. The van der Waals surface area contributed by atoms with Crippen molar-refractivity contribution >= 4 is 11.9 Å². The van der Waals surface area contributed by atoms with Crippen molar-refractivity contribution in [2.75, 3.05) is 0 Å². The lowest BCUT2D eigenvalue weighted by Crippen LogP contribution is -2.59. The number of carbonyl (C=O) groups excluding carboxylic acids is 2. The summed E-state index contributed by atoms with van der Waals surface area (Å²) in [5.74, 6) is 1.34. The van der Waals surface area contributed by atoms with Crippen molar-refractivity contribution in [2.24, 2.45) is 28.4 Å². The monoisotopic (exact) mass is 251 g/mol. The van der Waals surface area contributed by atoms with E-state index in [-0.39, 0.29) is 11.3 Å². The van der Waals surface area contributed by atoms with E-state index in [4.69, 9.17) is 5.73 Å². The Labute approximate surface area is 107 Å². The minimum absolute atomic E-state index is 0.0402. The lowest BCUT2D eigenvalue weighted by molar-refractivity contribution is -0.156. The number of urea groups is 1. The molecule has 5 nitrogen and oxygen atoms in total. The van der Waals surface area contributed by atoms with Gasteiger partial charge in [0.2, 0.25) is 5.91 Å². The van der Waals surface area contributed by atoms with Crippen molar-refractivity contribution in [3.05, 3.63) is 0 Å². The summed E-state index contributed by atoms with van der Waals surface area (Å²) in [6.45, 7) is 2.31. The zero-order valence-electron chi connectivity index (χ0n) is 10.8. The summed E-state index contributed by atoms with van der Waals surface area (Å²) in [5, 5.41) is 0. The second-order valence-electron chi connectivity index (χ2n) is 7.00. The molecule has 4 aliphatic carbocycles. The summed E-state index contributed by atoms with van der Waals surface area (Å²) < 4.78 is 0. The second-order valence-corrected chi connectivity index (χ2v) is 7.00. The van der Waals surface area contributed by atoms with Gasteiger partial charge in [0.25, 0.3) is 0 Å². The summed E-state index contributed by atoms with van der Waals surface area (Å²) in [6, 6.07) is -0.709. The summed E-state index contributed by atoms with van der Waals surface area (Å²) in [7, 11) is 0. The van der Waals surface area contributed by atoms with Gasteiger partial charge in [0.15, 0.2) is 0 Å². The molecule has 0 aromatic carbocycles. The maximum absolute atomic E-state index is 12.4. The Balaban J connectivity index is 1.78. The topological polar surface area (TPSA) is 84.2 Å². The average molecular weight is 251 g/mol. The lowest BCUT2D eigenvalue weighted by atomic mass is 9.44. The van der Waals surface area contributed by atoms with Gasteiger partial charge in [-0.05, 0) is 55.8 Å². The first kappa shape index (κ1) is 11.8. The number of hydrazine groups is 1. The summed E-state index contributed by atoms with van der Waals surface area (Å²) in [6.07, 6.45) is 6.73. The van der Waals surface area contributed by atoms with Crippen LogP contribution in [0.4, 0.5) is 4.79 Å². The van der Waals surface area contributed by atoms with Crippen LogP contribution in [0.25, 0.3) is 0 Å². The van der Waals surface area contributed by atoms with Gasteiger partial charge >= 0.3 is 6.03 Å². The van der Waals surface area contributed by atoms with E-state index in [2.05, 4.69) is 17.8 Å². The van der Waals surface area contributed by atoms with Crippen molar-refractivity contribution in [1.82, 2.24) is 10.9 Å². The molecule has 4 fully saturated rings. The molecule has 0 heterocycles. The van der Waals surface area contributed by atoms with E-state index in [9.17, 15) is 9.59 Å². The molecule has 4 atom stereocenters. The zero-order valence-corrected chi connectivity index (χ0v) is 10.8. The molecule has 4 bridgehead atoms. The van der Waals surface area contributed by atoms with Gasteiger partial charge in [-0.3, -0.25) is 10.2 Å². The van der Waals surface area contributed by atoms with Crippen LogP contribution in [0.3, 0.4) is 0 Å². The van der Waals surface area contributed by atoms with E-state index in [0.29, 0.717) is 17.3 Å². The Morgan fingerprint density at radius 3 is 2.22 bits per heavy atom. The number of carbonyl (C=O) groups is 2. The van der Waals surface area contributed by atoms with Crippen molar-refractivity contribution in [3.8, 4) is 0 Å². The fourth-order valence-corrected chi connectivity index (χ4v) is 5.24. The van der Waals surface area contributed by atoms with Crippen LogP contribution in [-0.2, 0) is 4.79 Å². The second kappa shape index (κ2) is 3.62. The minimum atomic E-state index is -0.709. The third kappa shape index (κ3) is 1.76. The van der Waals surface area contributed by atoms with Crippen LogP contribution in [0, 0.1) is 22.7 Å². The highest BCUT2D eigenvalue weighted by molar-refractivity contribution is 5.85. The van der Waals surface area contributed by atoms with Gasteiger partial charge in [-0.1, -0.05) is 6.92 Å². The Morgan fingerprint density at radius 1 is 1.11 bits per heavy atom. The zero-order chi connectivity index (χ0) is 13.0. The van der Waals surface area contributed by atoms with Crippen LogP contribution in [0.5, 0.6) is 0 Å². The molecule has 2 unspecified atom stereocenters. The van der Waals surface area contributed by atoms with Crippen LogP contribution in [0.15, 0.2) is 0 Å². The molecule has 18 heavy (non-hydrogen) atoms. The Bertz CT molecular complexity index is 393. The smallest absolute Gasteiger partial charge is 0.330 e. The molecular weight excluding hydrogens is 230 g/mol. The molecule has 0 radical (unpaired) electrons. The lowest BCUT2D eigenvalue weighted by Gasteiger charge is -2.60. The Morgan fingerprint density at radius 2 is 1.72 bits per heavy atom. The molecule has 4 aliphatic rings. The molecule has 0 spiro atoms. The quantitative estimate of drug-likeness (QED) is 0.613. The van der Waals surface area contributed by atoms with Gasteiger partial charge in [0, 0.05) is 0 Å². The van der Waals surface area contributed by atoms with E-state index in [1.165, 1.54) is 19.3 Å². The molecular formula is C13H21N3O2. The van der Waals surface area contributed by atoms with Gasteiger partial charge in [-0.15, -0.1) is 0 Å². The first-order valence-electron chi connectivity index (χ1n) is 6.77. The molecule has 4 N–H and O–H groups in total. The Kier molecular flexibility index (Phi) is 2.37. The van der Waals surface area contributed by atoms with Crippen LogP contribution in [0.2, 0.25) is 0 Å². The first-order chi connectivity index (χ1) is 8.41. The van der Waals surface area contributed by atoms with E-state index in [1.807, 2.05) is 0 Å². The molecule has 0 aromatic rings. The highest BCUT2D eigenvalue weighted by atomic mass is 16.2. The Hall–Kier alpha value is -1.26. The largest absolute Gasteiger partial charge is 0.350 e. The SMILES string of the molecule is CC12C[C@H]3C[C@@H](C1)CC(C(=O)NNC(N)=O)(C3)C2. The van der Waals surface area contributed by atoms with E-state index in [1.54, 1.807) is 0 Å². The van der Waals surface area contributed by atoms with E-state index < -0.39 is 6.03 Å². The van der Waals surface area contributed by atoms with Crippen LogP contribution in [-0.4, -0.2) is 11.9 Å². The van der Waals surface area contributed by atoms with Crippen molar-refractivity contribution in [2.45, 2.75) is 45.4 Å². The minimum Gasteiger partial charge on any atom is -0.350 e. The number of amides is 3. The number of nitrogens with one attached hydrogen (secondary N) is 2. The van der Waals surface area contributed by atoms with Crippen LogP contribution < -0.4 is 16.6 Å². The number of hydrogen-bond donors (Lipinski definition) is 3. The van der Waals surface area contributed by atoms with Crippen molar-refractivity contribution in [3.63, 3.8) is 0 Å². The van der Waals surface area contributed by atoms with Crippen LogP contribution >= 0.6 is 0 Å². The highest BCUT2D eigenvalue weighted by Crippen LogP contribution is 2.65. The number of rotatable bonds is 1. The normalized spacial score (nSPS) is 44.7. The summed E-state index contributed by atoms with van der Waals surface area (Å²) >= 11 is 0. The fourth-order valence-electron chi connectivity index (χ4n) is 5.24. The molecule has 0 aromatic heterocycles. The molecule has 100 valence electrons. The fraction of sp³-hybridized carbons (Fsp3) is 0.846. The van der Waals surface area contributed by atoms with E-state index in [0.717, 1.165) is 19.3 Å². The molecule has 4 saturated carbocycles. The third-order valence-electron chi connectivity index (χ3n) is 5.13. The van der Waals surface area contributed by atoms with Gasteiger partial charge in [0.05, 0.1) is 5.41 Å². The number of primary amides is 1. The van der Waals surface area contributed by atoms with E-state index >= 15 is 0 Å². The van der Waals surface area contributed by atoms with Gasteiger partial charge in [-0.25, -0.2) is 10.2 Å². The summed E-state index contributed by atoms with van der Waals surface area (Å²) in [4.78, 5) is 23.1. The van der Waals surface area contributed by atoms with Crippen LogP contribution in [0.1, 0.15) is 45.4 Å². The number of hydrogen-bond acceptors (Lipinski definition) is 2. The molecule has 3 amide bonds. The average Bonchev–Trinajstić information content (AvgIpc) is 2.22. The first-order valence-corrected chi connectivity index (χ1v) is 6.77. The van der Waals surface area contributed by atoms with Gasteiger partial charge in [-0.2, -0.15) is 0 Å². The van der Waals surface area contributed by atoms with Crippen molar-refractivity contribution in [1.29, 1.82) is 0 Å². The molecule has 0 saturated heterocycles. The standard InChI is InChI=1S/C13H21N3O2/c1-12-3-8-2-9(4-12)6-13(5-8,7-12)10(17)15-16-11(14)18/h8-9H,2-7H2,1H3,(H,15,17)(H3,14,16,18)/t8-,9+,12?,13?. The predicted octanol–water partition coefficient (Wildman–Crippen LogP) is 1.29. The third-order valence-corrected chi connectivity index (χ3v) is 5.13. The maximum Gasteiger partial charge on any atom is 0.330 e. The van der Waals surface area contributed by atoms with Gasteiger partial charge in [0.1, 0.15) is 0 Å². The molecule has 4 rings (SSSR count). The van der Waals surface area contributed by atoms with Gasteiger partial charge < -0.3 is 5.73 Å². The predicted molar refractivity (Wildman–Crippen MR) is 66.1 cm³/mol. The summed E-state index contributed by atoms with van der Waals surface area (Å²) in [5.41, 5.74) is 9.77. The number of nitrogens with two attached hydrogens (primary N) is 1. The maximum atomic E-state index is 12.4. The molecule has 5 heteroatoms. The highest BCUT2D eigenvalue weighted by Gasteiger charge is 2.58. The van der Waals surface area contributed by atoms with Crippen molar-refractivity contribution < 1.29 is 9.59 Å².